The minimum Gasteiger partial charge on any atom is -0.484 e. The molecule has 0 fully saturated rings. The van der Waals surface area contributed by atoms with Gasteiger partial charge < -0.3 is 15.0 Å². The van der Waals surface area contributed by atoms with Crippen molar-refractivity contribution in [2.24, 2.45) is 0 Å². The Balaban J connectivity index is 2.23. The summed E-state index contributed by atoms with van der Waals surface area (Å²) in [5.41, 5.74) is 1.89. The Morgan fingerprint density at radius 3 is 2.29 bits per heavy atom. The van der Waals surface area contributed by atoms with E-state index in [9.17, 15) is 9.59 Å². The molecule has 2 aromatic carbocycles. The average molecular weight is 465 g/mol. The van der Waals surface area contributed by atoms with Crippen molar-refractivity contribution in [3.8, 4) is 5.75 Å². The summed E-state index contributed by atoms with van der Waals surface area (Å²) in [6.45, 7) is 7.86. The molecule has 7 heteroatoms. The highest BCUT2D eigenvalue weighted by Gasteiger charge is 2.29. The van der Waals surface area contributed by atoms with Crippen LogP contribution in [-0.2, 0) is 16.1 Å². The van der Waals surface area contributed by atoms with Gasteiger partial charge in [0.2, 0.25) is 5.91 Å². The van der Waals surface area contributed by atoms with E-state index in [-0.39, 0.29) is 31.0 Å². The van der Waals surface area contributed by atoms with Gasteiger partial charge in [-0.05, 0) is 56.5 Å². The second-order valence-electron chi connectivity index (χ2n) is 7.61. The van der Waals surface area contributed by atoms with Gasteiger partial charge in [0.1, 0.15) is 11.8 Å². The molecule has 0 saturated carbocycles. The van der Waals surface area contributed by atoms with Gasteiger partial charge in [0.05, 0.1) is 10.0 Å². The molecule has 168 valence electrons. The minimum atomic E-state index is -0.627. The standard InChI is InChI=1S/C24H30Cl2N2O3/c1-5-17(4)27-24(30)22(6-2)28(14-18-9-12-20(25)21(26)13-18)23(29)15-31-19-10-7-16(3)8-11-19/h7-13,17,22H,5-6,14-15H2,1-4H3,(H,27,30)/t17-,22+/m1/s1. The van der Waals surface area contributed by atoms with E-state index in [4.69, 9.17) is 27.9 Å². The number of carbonyl (C=O) groups excluding carboxylic acids is 2. The number of halogens is 2. The summed E-state index contributed by atoms with van der Waals surface area (Å²) in [4.78, 5) is 27.6. The van der Waals surface area contributed by atoms with E-state index in [0.29, 0.717) is 22.2 Å². The van der Waals surface area contributed by atoms with Gasteiger partial charge in [-0.1, -0.05) is 60.8 Å². The molecule has 0 radical (unpaired) electrons. The number of hydrogen-bond donors (Lipinski definition) is 1. The van der Waals surface area contributed by atoms with Crippen LogP contribution in [0.3, 0.4) is 0 Å². The van der Waals surface area contributed by atoms with Gasteiger partial charge in [0.15, 0.2) is 6.61 Å². The highest BCUT2D eigenvalue weighted by molar-refractivity contribution is 6.42. The summed E-state index contributed by atoms with van der Waals surface area (Å²) in [6, 6.07) is 12.1. The first kappa shape index (κ1) is 25.0. The first-order chi connectivity index (χ1) is 14.7. The largest absolute Gasteiger partial charge is 0.484 e. The maximum Gasteiger partial charge on any atom is 0.261 e. The highest BCUT2D eigenvalue weighted by atomic mass is 35.5. The monoisotopic (exact) mass is 464 g/mol. The van der Waals surface area contributed by atoms with E-state index in [1.54, 1.807) is 23.1 Å². The average Bonchev–Trinajstić information content (AvgIpc) is 2.75. The van der Waals surface area contributed by atoms with Gasteiger partial charge in [-0.3, -0.25) is 9.59 Å². The number of nitrogens with zero attached hydrogens (tertiary/aromatic N) is 1. The van der Waals surface area contributed by atoms with E-state index < -0.39 is 6.04 Å². The number of ether oxygens (including phenoxy) is 1. The van der Waals surface area contributed by atoms with Crippen molar-refractivity contribution in [1.29, 1.82) is 0 Å². The predicted octanol–water partition coefficient (Wildman–Crippen LogP) is 5.40. The molecule has 31 heavy (non-hydrogen) atoms. The number of hydrogen-bond acceptors (Lipinski definition) is 3. The molecule has 0 heterocycles. The lowest BCUT2D eigenvalue weighted by Crippen LogP contribution is -2.51. The van der Waals surface area contributed by atoms with E-state index in [1.807, 2.05) is 52.0 Å². The molecular formula is C24H30Cl2N2O3. The highest BCUT2D eigenvalue weighted by Crippen LogP contribution is 2.24. The lowest BCUT2D eigenvalue weighted by molar-refractivity contribution is -0.143. The fourth-order valence-corrected chi connectivity index (χ4v) is 3.38. The van der Waals surface area contributed by atoms with Crippen LogP contribution in [-0.4, -0.2) is 35.4 Å². The van der Waals surface area contributed by atoms with Crippen LogP contribution in [0, 0.1) is 6.92 Å². The van der Waals surface area contributed by atoms with Crippen LogP contribution in [0.2, 0.25) is 10.0 Å². The van der Waals surface area contributed by atoms with E-state index in [0.717, 1.165) is 17.5 Å². The molecule has 0 aliphatic rings. The summed E-state index contributed by atoms with van der Waals surface area (Å²) < 4.78 is 5.69. The summed E-state index contributed by atoms with van der Waals surface area (Å²) in [5, 5.41) is 3.82. The molecular weight excluding hydrogens is 435 g/mol. The fourth-order valence-electron chi connectivity index (χ4n) is 3.06. The Bertz CT molecular complexity index is 887. The molecule has 2 amide bonds. The van der Waals surface area contributed by atoms with Crippen molar-refractivity contribution < 1.29 is 14.3 Å². The summed E-state index contributed by atoms with van der Waals surface area (Å²) >= 11 is 12.2. The van der Waals surface area contributed by atoms with Crippen molar-refractivity contribution in [1.82, 2.24) is 10.2 Å². The van der Waals surface area contributed by atoms with Gasteiger partial charge >= 0.3 is 0 Å². The zero-order valence-electron chi connectivity index (χ0n) is 18.5. The third-order valence-corrected chi connectivity index (χ3v) is 5.85. The Morgan fingerprint density at radius 2 is 1.71 bits per heavy atom. The van der Waals surface area contributed by atoms with Crippen LogP contribution in [0.4, 0.5) is 0 Å². The smallest absolute Gasteiger partial charge is 0.261 e. The predicted molar refractivity (Wildman–Crippen MR) is 126 cm³/mol. The number of amides is 2. The normalized spacial score (nSPS) is 12.7. The number of benzene rings is 2. The molecule has 0 spiro atoms. The Morgan fingerprint density at radius 1 is 1.03 bits per heavy atom. The molecule has 0 saturated heterocycles. The third-order valence-electron chi connectivity index (χ3n) is 5.11. The van der Waals surface area contributed by atoms with Gasteiger partial charge in [-0.25, -0.2) is 0 Å². The Kier molecular flexibility index (Phi) is 9.66. The van der Waals surface area contributed by atoms with Gasteiger partial charge in [0, 0.05) is 12.6 Å². The molecule has 2 rings (SSSR count). The SMILES string of the molecule is CC[C@@H](C)NC(=O)[C@H](CC)N(Cc1ccc(Cl)c(Cl)c1)C(=O)COc1ccc(C)cc1. The molecule has 0 aromatic heterocycles. The Hall–Kier alpha value is -2.24. The maximum absolute atomic E-state index is 13.2. The van der Waals surface area contributed by atoms with Crippen LogP contribution in [0.25, 0.3) is 0 Å². The van der Waals surface area contributed by atoms with Gasteiger partial charge in [-0.15, -0.1) is 0 Å². The maximum atomic E-state index is 13.2. The van der Waals surface area contributed by atoms with Crippen LogP contribution in [0.1, 0.15) is 44.7 Å². The third kappa shape index (κ3) is 7.44. The fraction of sp³-hybridized carbons (Fsp3) is 0.417. The lowest BCUT2D eigenvalue weighted by atomic mass is 10.1. The quantitative estimate of drug-likeness (QED) is 0.511. The van der Waals surface area contributed by atoms with Gasteiger partial charge in [-0.2, -0.15) is 0 Å². The number of aryl methyl sites for hydroxylation is 1. The molecule has 5 nitrogen and oxygen atoms in total. The number of nitrogens with one attached hydrogen (secondary N) is 1. The van der Waals surface area contributed by atoms with Crippen molar-refractivity contribution in [2.45, 2.75) is 59.2 Å². The molecule has 0 bridgehead atoms. The second-order valence-corrected chi connectivity index (χ2v) is 8.43. The van der Waals surface area contributed by atoms with Crippen LogP contribution in [0.15, 0.2) is 42.5 Å². The second kappa shape index (κ2) is 12.0. The van der Waals surface area contributed by atoms with Crippen LogP contribution < -0.4 is 10.1 Å². The molecule has 2 aromatic rings. The molecule has 0 aliphatic carbocycles. The van der Waals surface area contributed by atoms with Crippen LogP contribution in [0.5, 0.6) is 5.75 Å². The van der Waals surface area contributed by atoms with E-state index >= 15 is 0 Å². The van der Waals surface area contributed by atoms with Crippen molar-refractivity contribution in [2.75, 3.05) is 6.61 Å². The van der Waals surface area contributed by atoms with Crippen LogP contribution >= 0.6 is 23.2 Å². The van der Waals surface area contributed by atoms with Crippen molar-refractivity contribution in [3.63, 3.8) is 0 Å². The first-order valence-corrected chi connectivity index (χ1v) is 11.2. The summed E-state index contributed by atoms with van der Waals surface area (Å²) in [7, 11) is 0. The van der Waals surface area contributed by atoms with Crippen molar-refractivity contribution in [3.05, 3.63) is 63.6 Å². The summed E-state index contributed by atoms with van der Waals surface area (Å²) in [6.07, 6.45) is 1.28. The molecule has 2 atom stereocenters. The van der Waals surface area contributed by atoms with Crippen molar-refractivity contribution >= 4 is 35.0 Å². The molecule has 0 aliphatic heterocycles. The summed E-state index contributed by atoms with van der Waals surface area (Å²) in [5.74, 6) is 0.143. The number of carbonyl (C=O) groups is 2. The zero-order valence-corrected chi connectivity index (χ0v) is 20.0. The lowest BCUT2D eigenvalue weighted by Gasteiger charge is -2.31. The van der Waals surface area contributed by atoms with Gasteiger partial charge in [0.25, 0.3) is 5.91 Å². The topological polar surface area (TPSA) is 58.6 Å². The number of rotatable bonds is 10. The molecule has 1 N–H and O–H groups in total. The van der Waals surface area contributed by atoms with E-state index in [1.165, 1.54) is 0 Å². The Labute approximate surface area is 194 Å². The minimum absolute atomic E-state index is 0.0206. The first-order valence-electron chi connectivity index (χ1n) is 10.5. The molecule has 0 unspecified atom stereocenters. The zero-order chi connectivity index (χ0) is 23.0. The van der Waals surface area contributed by atoms with E-state index in [2.05, 4.69) is 5.32 Å².